The number of benzene rings is 2. The number of nitrogens with zero attached hydrogens (tertiary/aromatic N) is 2. The molecule has 2 aliphatic heterocycles. The normalized spacial score (nSPS) is 20.8. The highest BCUT2D eigenvalue weighted by Gasteiger charge is 2.35. The van der Waals surface area contributed by atoms with Crippen LogP contribution in [0.2, 0.25) is 0 Å². The highest BCUT2D eigenvalue weighted by Crippen LogP contribution is 2.30. The van der Waals surface area contributed by atoms with Crippen molar-refractivity contribution in [3.8, 4) is 0 Å². The molecule has 0 radical (unpaired) electrons. The lowest BCUT2D eigenvalue weighted by Gasteiger charge is -2.34. The second-order valence-electron chi connectivity index (χ2n) is 11.3. The first-order valence-electron chi connectivity index (χ1n) is 13.8. The van der Waals surface area contributed by atoms with E-state index in [2.05, 4.69) is 36.2 Å². The quantitative estimate of drug-likeness (QED) is 0.539. The number of aryl methyl sites for hydroxylation is 2. The van der Waals surface area contributed by atoms with Crippen molar-refractivity contribution in [1.82, 2.24) is 9.80 Å². The molecule has 0 aromatic heterocycles. The van der Waals surface area contributed by atoms with E-state index in [1.807, 2.05) is 36.9 Å². The number of rotatable bonds is 7. The number of carbonyl (C=O) groups is 1. The van der Waals surface area contributed by atoms with Crippen LogP contribution >= 0.6 is 0 Å². The summed E-state index contributed by atoms with van der Waals surface area (Å²) in [4.78, 5) is 18.5. The van der Waals surface area contributed by atoms with Gasteiger partial charge in [0.05, 0.1) is 10.6 Å². The first-order valence-corrected chi connectivity index (χ1v) is 15.4. The molecule has 202 valence electrons. The molecule has 1 N–H and O–H groups in total. The molecule has 0 unspecified atom stereocenters. The molecule has 0 saturated carbocycles. The maximum atomic E-state index is 13.6. The fraction of sp³-hybridized carbons (Fsp3) is 0.567. The van der Waals surface area contributed by atoms with Gasteiger partial charge in [0, 0.05) is 43.8 Å². The Labute approximate surface area is 223 Å². The first kappa shape index (κ1) is 27.6. The summed E-state index contributed by atoms with van der Waals surface area (Å²) in [5.41, 5.74) is 4.15. The third-order valence-electron chi connectivity index (χ3n) is 8.11. The van der Waals surface area contributed by atoms with Crippen molar-refractivity contribution in [2.24, 2.45) is 5.92 Å². The van der Waals surface area contributed by atoms with E-state index in [0.717, 1.165) is 61.2 Å². The number of anilines is 1. The van der Waals surface area contributed by atoms with Crippen LogP contribution in [-0.2, 0) is 21.2 Å². The first-order chi connectivity index (χ1) is 17.6. The van der Waals surface area contributed by atoms with Crippen molar-refractivity contribution in [3.05, 3.63) is 59.2 Å². The van der Waals surface area contributed by atoms with E-state index >= 15 is 0 Å². The molecule has 37 heavy (non-hydrogen) atoms. The third-order valence-corrected chi connectivity index (χ3v) is 9.83. The summed E-state index contributed by atoms with van der Waals surface area (Å²) in [7, 11) is -3.54. The molecular formula is C30H43N3O3S. The maximum Gasteiger partial charge on any atom is 0.223 e. The van der Waals surface area contributed by atoms with Crippen LogP contribution in [-0.4, -0.2) is 61.6 Å². The predicted molar refractivity (Wildman–Crippen MR) is 151 cm³/mol. The average molecular weight is 526 g/mol. The minimum atomic E-state index is -3.54. The van der Waals surface area contributed by atoms with E-state index in [9.17, 15) is 13.2 Å². The molecule has 2 bridgehead atoms. The average Bonchev–Trinajstić information content (AvgIpc) is 3.22. The van der Waals surface area contributed by atoms with Crippen molar-refractivity contribution in [2.75, 3.05) is 30.7 Å². The van der Waals surface area contributed by atoms with Crippen LogP contribution in [0.15, 0.2) is 47.4 Å². The second-order valence-corrected chi connectivity index (χ2v) is 13.4. The van der Waals surface area contributed by atoms with Gasteiger partial charge < -0.3 is 10.2 Å². The zero-order chi connectivity index (χ0) is 26.6. The largest absolute Gasteiger partial charge is 0.385 e. The number of para-hydroxylation sites is 1. The molecule has 2 heterocycles. The number of carbonyl (C=O) groups excluding carboxylic acids is 1. The molecule has 4 rings (SSSR count). The van der Waals surface area contributed by atoms with Gasteiger partial charge in [0.2, 0.25) is 5.91 Å². The molecule has 7 heteroatoms. The zero-order valence-electron chi connectivity index (χ0n) is 22.9. The molecule has 1 saturated heterocycles. The summed E-state index contributed by atoms with van der Waals surface area (Å²) in [6.45, 7) is 11.5. The van der Waals surface area contributed by atoms with E-state index in [1.165, 1.54) is 0 Å². The number of fused-ring (bicyclic) bond motifs is 3. The van der Waals surface area contributed by atoms with E-state index in [1.54, 1.807) is 12.1 Å². The van der Waals surface area contributed by atoms with Crippen molar-refractivity contribution in [1.29, 1.82) is 0 Å². The Morgan fingerprint density at radius 3 is 2.54 bits per heavy atom. The van der Waals surface area contributed by atoms with Gasteiger partial charge >= 0.3 is 0 Å². The van der Waals surface area contributed by atoms with Crippen molar-refractivity contribution < 1.29 is 13.2 Å². The highest BCUT2D eigenvalue weighted by molar-refractivity contribution is 7.91. The molecule has 6 nitrogen and oxygen atoms in total. The number of hydrogen-bond donors (Lipinski definition) is 1. The summed E-state index contributed by atoms with van der Waals surface area (Å²) in [6.07, 6.45) is 4.45. The Bertz CT molecular complexity index is 1190. The number of sulfone groups is 1. The molecule has 0 aliphatic carbocycles. The van der Waals surface area contributed by atoms with Gasteiger partial charge in [0.25, 0.3) is 0 Å². The van der Waals surface area contributed by atoms with Gasteiger partial charge in [-0.05, 0) is 86.9 Å². The molecule has 2 atom stereocenters. The summed E-state index contributed by atoms with van der Waals surface area (Å²) >= 11 is 0. The zero-order valence-corrected chi connectivity index (χ0v) is 23.7. The van der Waals surface area contributed by atoms with E-state index in [0.29, 0.717) is 36.0 Å². The molecule has 1 fully saturated rings. The fourth-order valence-electron chi connectivity index (χ4n) is 5.62. The predicted octanol–water partition coefficient (Wildman–Crippen LogP) is 5.19. The molecule has 0 spiro atoms. The Hall–Kier alpha value is -2.38. The van der Waals surface area contributed by atoms with Crippen LogP contribution in [0.25, 0.3) is 0 Å². The van der Waals surface area contributed by atoms with Gasteiger partial charge in [-0.25, -0.2) is 8.42 Å². The van der Waals surface area contributed by atoms with E-state index in [4.69, 9.17) is 0 Å². The van der Waals surface area contributed by atoms with Crippen molar-refractivity contribution >= 4 is 21.4 Å². The minimum absolute atomic E-state index is 0.00695. The Balaban J connectivity index is 1.55. The van der Waals surface area contributed by atoms with Crippen LogP contribution in [0, 0.1) is 19.8 Å². The van der Waals surface area contributed by atoms with Crippen molar-refractivity contribution in [3.63, 3.8) is 0 Å². The van der Waals surface area contributed by atoms with Crippen LogP contribution in [0.4, 0.5) is 5.69 Å². The molecule has 2 aliphatic rings. The standard InChI is InChI=1S/C30H43N3O3S/c1-22(2)14-17-33-26-10-11-27(33)21-32(20-25-7-5-6-8-29(25)31-16-13-26)30(34)15-18-37(35,36)28-12-9-23(3)24(4)19-28/h5-9,12,19,22,26-27,31H,10-11,13-18,20-21H2,1-4H3/t26-,27+/m1/s1. The summed E-state index contributed by atoms with van der Waals surface area (Å²) in [5.74, 6) is 0.372. The van der Waals surface area contributed by atoms with Crippen molar-refractivity contribution in [2.45, 2.75) is 83.3 Å². The van der Waals surface area contributed by atoms with Crippen LogP contribution < -0.4 is 5.32 Å². The summed E-state index contributed by atoms with van der Waals surface area (Å²) in [6, 6.07) is 14.2. The molecular weight excluding hydrogens is 482 g/mol. The number of nitrogens with one attached hydrogen (secondary N) is 1. The fourth-order valence-corrected chi connectivity index (χ4v) is 6.93. The van der Waals surface area contributed by atoms with Gasteiger partial charge in [-0.3, -0.25) is 9.69 Å². The Morgan fingerprint density at radius 1 is 1.03 bits per heavy atom. The van der Waals surface area contributed by atoms with Crippen LogP contribution in [0.3, 0.4) is 0 Å². The highest BCUT2D eigenvalue weighted by atomic mass is 32.2. The van der Waals surface area contributed by atoms with Crippen LogP contribution in [0.1, 0.15) is 62.6 Å². The smallest absolute Gasteiger partial charge is 0.223 e. The lowest BCUT2D eigenvalue weighted by molar-refractivity contribution is -0.132. The Kier molecular flexibility index (Phi) is 8.96. The summed E-state index contributed by atoms with van der Waals surface area (Å²) in [5, 5.41) is 3.62. The lowest BCUT2D eigenvalue weighted by atomic mass is 10.1. The molecule has 2 aromatic carbocycles. The monoisotopic (exact) mass is 525 g/mol. The Morgan fingerprint density at radius 2 is 1.78 bits per heavy atom. The number of amides is 1. The minimum Gasteiger partial charge on any atom is -0.385 e. The van der Waals surface area contributed by atoms with Gasteiger partial charge in [-0.1, -0.05) is 38.1 Å². The molecule has 1 amide bonds. The SMILES string of the molecule is Cc1ccc(S(=O)(=O)CCC(=O)N2Cc3ccccc3NCC[C@H]3CC[C@@H](C2)N3CCC(C)C)cc1C. The lowest BCUT2D eigenvalue weighted by Crippen LogP contribution is -2.46. The number of hydrogen-bond acceptors (Lipinski definition) is 5. The maximum absolute atomic E-state index is 13.6. The van der Waals surface area contributed by atoms with Gasteiger partial charge in [0.15, 0.2) is 9.84 Å². The van der Waals surface area contributed by atoms with Gasteiger partial charge in [-0.2, -0.15) is 0 Å². The van der Waals surface area contributed by atoms with E-state index in [-0.39, 0.29) is 18.1 Å². The van der Waals surface area contributed by atoms with Gasteiger partial charge in [0.1, 0.15) is 0 Å². The summed E-state index contributed by atoms with van der Waals surface area (Å²) < 4.78 is 26.2. The van der Waals surface area contributed by atoms with E-state index < -0.39 is 9.84 Å². The third kappa shape index (κ3) is 6.94. The second kappa shape index (κ2) is 12.0. The molecule has 2 aromatic rings. The topological polar surface area (TPSA) is 69.7 Å². The van der Waals surface area contributed by atoms with Crippen LogP contribution in [0.5, 0.6) is 0 Å². The van der Waals surface area contributed by atoms with Gasteiger partial charge in [-0.15, -0.1) is 0 Å².